The van der Waals surface area contributed by atoms with Crippen LogP contribution < -0.4 is 4.74 Å². The lowest BCUT2D eigenvalue weighted by atomic mass is 10.1. The number of aliphatic imine (C=N–C) groups is 1. The summed E-state index contributed by atoms with van der Waals surface area (Å²) in [7, 11) is 1.86. The number of hydrogen-bond acceptors (Lipinski definition) is 8. The molecule has 3 aliphatic heterocycles. The van der Waals surface area contributed by atoms with Crippen molar-refractivity contribution < 1.29 is 32.9 Å². The Labute approximate surface area is 248 Å². The molecule has 2 atom stereocenters. The molecular weight excluding hydrogens is 560 g/mol. The molecule has 0 aliphatic carbocycles. The lowest BCUT2D eigenvalue weighted by Gasteiger charge is -2.36. The van der Waals surface area contributed by atoms with Gasteiger partial charge in [0.25, 0.3) is 0 Å². The van der Waals surface area contributed by atoms with Crippen molar-refractivity contribution in [1.29, 1.82) is 0 Å². The summed E-state index contributed by atoms with van der Waals surface area (Å²) in [5, 5.41) is 9.54. The molecule has 12 heteroatoms. The predicted octanol–water partition coefficient (Wildman–Crippen LogP) is 4.61. The minimum absolute atomic E-state index is 0.0119. The van der Waals surface area contributed by atoms with E-state index >= 15 is 0 Å². The van der Waals surface area contributed by atoms with E-state index in [2.05, 4.69) is 21.4 Å². The number of likely N-dealkylation sites (N-methyl/N-ethyl adjacent to an activating group) is 1. The highest BCUT2D eigenvalue weighted by Gasteiger charge is 2.30. The first-order valence-corrected chi connectivity index (χ1v) is 14.6. The monoisotopic (exact) mass is 595 g/mol. The smallest absolute Gasteiger partial charge is 0.335 e. The molecule has 228 valence electrons. The van der Waals surface area contributed by atoms with Gasteiger partial charge < -0.3 is 28.8 Å². The predicted molar refractivity (Wildman–Crippen MR) is 155 cm³/mol. The second-order valence-electron chi connectivity index (χ2n) is 11.2. The standard InChI is InChI=1S/C31H35F2N5O5/c1-19(30-34-25-5-3-20(31(39)40)15-26(25)38(30)17-23-10-14-41-23)37-12-7-22(8-13-37)43-29-9-11-36(2)28(35-29)18-42-27-6-4-21(32)16-24(27)33/h3-6,9,15-16,19,22-23H,7-8,10-14,17-18H2,1-2H3,(H,39,40)/t19?,23-/m0/s1. The highest BCUT2D eigenvalue weighted by Crippen LogP contribution is 2.31. The average molecular weight is 596 g/mol. The highest BCUT2D eigenvalue weighted by atomic mass is 19.1. The Morgan fingerprint density at radius 1 is 1.16 bits per heavy atom. The van der Waals surface area contributed by atoms with Crippen LogP contribution in [0.1, 0.15) is 48.4 Å². The average Bonchev–Trinajstić information content (AvgIpc) is 3.33. The van der Waals surface area contributed by atoms with E-state index in [4.69, 9.17) is 19.2 Å². The minimum Gasteiger partial charge on any atom is -0.483 e. The van der Waals surface area contributed by atoms with Gasteiger partial charge in [-0.15, -0.1) is 0 Å². The second kappa shape index (κ2) is 12.3. The maximum Gasteiger partial charge on any atom is 0.335 e. The molecule has 0 saturated carbocycles. The summed E-state index contributed by atoms with van der Waals surface area (Å²) in [4.78, 5) is 25.4. The zero-order valence-corrected chi connectivity index (χ0v) is 24.2. The van der Waals surface area contributed by atoms with Crippen molar-refractivity contribution in [2.45, 2.75) is 51.0 Å². The molecule has 4 heterocycles. The van der Waals surface area contributed by atoms with Crippen molar-refractivity contribution in [3.8, 4) is 5.75 Å². The number of fused-ring (bicyclic) bond motifs is 1. The Bertz CT molecular complexity index is 1560. The molecule has 2 saturated heterocycles. The number of aromatic carboxylic acids is 1. The summed E-state index contributed by atoms with van der Waals surface area (Å²) in [5.41, 5.74) is 1.83. The molecule has 3 aromatic rings. The van der Waals surface area contributed by atoms with Gasteiger partial charge in [-0.05, 0) is 62.6 Å². The van der Waals surface area contributed by atoms with Crippen molar-refractivity contribution in [3.63, 3.8) is 0 Å². The lowest BCUT2D eigenvalue weighted by Crippen LogP contribution is -2.40. The molecular formula is C31H35F2N5O5. The Hall–Kier alpha value is -4.03. The molecule has 0 spiro atoms. The number of halogens is 2. The van der Waals surface area contributed by atoms with Crippen LogP contribution in [0.2, 0.25) is 0 Å². The van der Waals surface area contributed by atoms with Crippen LogP contribution in [0.25, 0.3) is 11.0 Å². The van der Waals surface area contributed by atoms with Gasteiger partial charge in [-0.2, -0.15) is 4.99 Å². The second-order valence-corrected chi connectivity index (χ2v) is 11.2. The Morgan fingerprint density at radius 3 is 2.65 bits per heavy atom. The van der Waals surface area contributed by atoms with Crippen molar-refractivity contribution in [2.24, 2.45) is 4.99 Å². The topological polar surface area (TPSA) is 102 Å². The van der Waals surface area contributed by atoms with E-state index in [1.807, 2.05) is 18.0 Å². The van der Waals surface area contributed by atoms with Crippen molar-refractivity contribution >= 4 is 22.8 Å². The van der Waals surface area contributed by atoms with Crippen LogP contribution in [-0.4, -0.2) is 88.4 Å². The van der Waals surface area contributed by atoms with E-state index in [1.165, 1.54) is 6.07 Å². The van der Waals surface area contributed by atoms with Gasteiger partial charge in [0.05, 0.1) is 35.3 Å². The fourth-order valence-electron chi connectivity index (χ4n) is 5.66. The van der Waals surface area contributed by atoms with E-state index in [9.17, 15) is 18.7 Å². The first-order valence-electron chi connectivity index (χ1n) is 14.6. The maximum absolute atomic E-state index is 14.0. The number of aromatic nitrogens is 2. The SMILES string of the molecule is CC(c1nc2ccc(C(=O)O)cc2n1C[C@@H]1CCO1)N1CCC(OC2=CCN(C)C(COc3ccc(F)cc3F)=N2)CC1. The number of imidazole rings is 1. The summed E-state index contributed by atoms with van der Waals surface area (Å²) >= 11 is 0. The molecule has 0 amide bonds. The molecule has 43 heavy (non-hydrogen) atoms. The first-order chi connectivity index (χ1) is 20.7. The number of nitrogens with zero attached hydrogens (tertiary/aromatic N) is 5. The number of carbonyl (C=O) groups is 1. The number of benzene rings is 2. The zero-order valence-electron chi connectivity index (χ0n) is 24.2. The summed E-state index contributed by atoms with van der Waals surface area (Å²) in [6, 6.07) is 8.29. The third-order valence-electron chi connectivity index (χ3n) is 8.36. The van der Waals surface area contributed by atoms with Crippen LogP contribution in [-0.2, 0) is 16.0 Å². The van der Waals surface area contributed by atoms with Crippen LogP contribution in [0, 0.1) is 11.6 Å². The summed E-state index contributed by atoms with van der Waals surface area (Å²) < 4.78 is 46.9. The van der Waals surface area contributed by atoms with Crippen molar-refractivity contribution in [3.05, 3.63) is 71.4 Å². The van der Waals surface area contributed by atoms with Gasteiger partial charge in [-0.3, -0.25) is 4.90 Å². The molecule has 3 aliphatic rings. The summed E-state index contributed by atoms with van der Waals surface area (Å²) in [6.07, 6.45) is 4.57. The van der Waals surface area contributed by atoms with Gasteiger partial charge in [-0.1, -0.05) is 0 Å². The molecule has 1 unspecified atom stereocenters. The van der Waals surface area contributed by atoms with E-state index < -0.39 is 17.6 Å². The number of piperidine rings is 1. The van der Waals surface area contributed by atoms with Gasteiger partial charge in [0.15, 0.2) is 11.6 Å². The van der Waals surface area contributed by atoms with Crippen LogP contribution in [0.15, 0.2) is 53.3 Å². The van der Waals surface area contributed by atoms with E-state index in [0.29, 0.717) is 24.8 Å². The number of carboxylic acids is 1. The number of carboxylic acid groups (broad SMARTS) is 1. The third kappa shape index (κ3) is 6.35. The summed E-state index contributed by atoms with van der Waals surface area (Å²) in [6.45, 7) is 5.71. The zero-order chi connectivity index (χ0) is 30.1. The number of ether oxygens (including phenoxy) is 3. The molecule has 10 nitrogen and oxygen atoms in total. The van der Waals surface area contributed by atoms with Crippen LogP contribution in [0.4, 0.5) is 8.78 Å². The number of hydrogen-bond donors (Lipinski definition) is 1. The van der Waals surface area contributed by atoms with Gasteiger partial charge in [0.2, 0.25) is 5.88 Å². The molecule has 2 fully saturated rings. The van der Waals surface area contributed by atoms with Gasteiger partial charge in [0.1, 0.15) is 30.2 Å². The van der Waals surface area contributed by atoms with Crippen molar-refractivity contribution in [1.82, 2.24) is 19.4 Å². The van der Waals surface area contributed by atoms with E-state index in [-0.39, 0.29) is 36.2 Å². The Morgan fingerprint density at radius 2 is 1.95 bits per heavy atom. The van der Waals surface area contributed by atoms with Gasteiger partial charge >= 0.3 is 5.97 Å². The fraction of sp³-hybridized carbons (Fsp3) is 0.452. The number of likely N-dealkylation sites (tertiary alicyclic amines) is 1. The van der Waals surface area contributed by atoms with Crippen LogP contribution >= 0.6 is 0 Å². The third-order valence-corrected chi connectivity index (χ3v) is 8.36. The molecule has 1 aromatic heterocycles. The van der Waals surface area contributed by atoms with Gasteiger partial charge in [-0.25, -0.2) is 18.6 Å². The Kier molecular flexibility index (Phi) is 8.31. The van der Waals surface area contributed by atoms with Gasteiger partial charge in [0, 0.05) is 39.4 Å². The molecule has 1 N–H and O–H groups in total. The largest absolute Gasteiger partial charge is 0.483 e. The highest BCUT2D eigenvalue weighted by molar-refractivity contribution is 5.92. The minimum atomic E-state index is -0.961. The molecule has 2 aromatic carbocycles. The first kappa shape index (κ1) is 29.1. The normalized spacial score (nSPS) is 20.4. The van der Waals surface area contributed by atoms with E-state index in [0.717, 1.165) is 67.9 Å². The molecule has 0 bridgehead atoms. The van der Waals surface area contributed by atoms with Crippen molar-refractivity contribution in [2.75, 3.05) is 39.9 Å². The fourth-order valence-corrected chi connectivity index (χ4v) is 5.66. The quantitative estimate of drug-likeness (QED) is 0.363. The summed E-state index contributed by atoms with van der Waals surface area (Å²) in [5.74, 6) is -0.413. The van der Waals surface area contributed by atoms with Crippen LogP contribution in [0.5, 0.6) is 5.75 Å². The van der Waals surface area contributed by atoms with E-state index in [1.54, 1.807) is 18.2 Å². The van der Waals surface area contributed by atoms with Crippen LogP contribution in [0.3, 0.4) is 0 Å². The molecule has 0 radical (unpaired) electrons. The number of amidine groups is 1. The molecule has 6 rings (SSSR count). The Balaban J connectivity index is 1.09. The maximum atomic E-state index is 14.0. The number of rotatable bonds is 10. The lowest BCUT2D eigenvalue weighted by molar-refractivity contribution is -0.0595.